The Kier molecular flexibility index (Phi) is 6.54. The molecule has 0 aromatic carbocycles. The fourth-order valence-corrected chi connectivity index (χ4v) is 3.61. The van der Waals surface area contributed by atoms with Crippen molar-refractivity contribution >= 4 is 50.1 Å². The maximum absolute atomic E-state index is 12.4. The minimum atomic E-state index is -0.659. The lowest BCUT2D eigenvalue weighted by molar-refractivity contribution is -0.116. The Bertz CT molecular complexity index is 843. The Labute approximate surface area is 162 Å². The second-order valence-corrected chi connectivity index (χ2v) is 7.73. The number of rotatable bonds is 7. The number of nitrogens with two attached hydrogens (primary N) is 1. The lowest BCUT2D eigenvalue weighted by atomic mass is 10.1. The van der Waals surface area contributed by atoms with Crippen LogP contribution >= 0.6 is 27.3 Å². The number of carbonyl (C=O) groups excluding carboxylic acids is 3. The van der Waals surface area contributed by atoms with E-state index in [9.17, 15) is 14.4 Å². The van der Waals surface area contributed by atoms with Gasteiger partial charge in [-0.15, -0.1) is 11.3 Å². The van der Waals surface area contributed by atoms with Crippen LogP contribution in [0.3, 0.4) is 0 Å². The average Bonchev–Trinajstić information content (AvgIpc) is 3.08. The van der Waals surface area contributed by atoms with Crippen molar-refractivity contribution in [2.75, 3.05) is 5.32 Å². The molecule has 0 saturated heterocycles. The first-order chi connectivity index (χ1) is 12.2. The zero-order chi connectivity index (χ0) is 19.4. The zero-order valence-electron chi connectivity index (χ0n) is 14.5. The lowest BCUT2D eigenvalue weighted by Gasteiger charge is -2.10. The first-order valence-electron chi connectivity index (χ1n) is 7.81. The molecule has 2 rings (SSSR count). The minimum Gasteiger partial charge on any atom is -0.459 e. The number of nitrogens with one attached hydrogen (secondary N) is 1. The zero-order valence-corrected chi connectivity index (χ0v) is 16.9. The molecule has 8 nitrogen and oxygen atoms in total. The summed E-state index contributed by atoms with van der Waals surface area (Å²) in [6.45, 7) is 5.41. The molecule has 0 aliphatic heterocycles. The second-order valence-electron chi connectivity index (χ2n) is 5.80. The molecule has 0 saturated carbocycles. The van der Waals surface area contributed by atoms with Crippen molar-refractivity contribution in [2.24, 2.45) is 5.73 Å². The summed E-state index contributed by atoms with van der Waals surface area (Å²) >= 11 is 4.25. The van der Waals surface area contributed by atoms with Gasteiger partial charge in [-0.1, -0.05) is 0 Å². The maximum Gasteiger partial charge on any atom is 0.341 e. The molecule has 26 heavy (non-hydrogen) atoms. The Morgan fingerprint density at radius 1 is 1.42 bits per heavy atom. The van der Waals surface area contributed by atoms with Gasteiger partial charge in [0.1, 0.15) is 5.00 Å². The first-order valence-corrected chi connectivity index (χ1v) is 9.42. The highest BCUT2D eigenvalue weighted by molar-refractivity contribution is 9.10. The van der Waals surface area contributed by atoms with Crippen LogP contribution in [0.15, 0.2) is 16.9 Å². The van der Waals surface area contributed by atoms with Gasteiger partial charge in [0.15, 0.2) is 0 Å². The number of amides is 2. The quantitative estimate of drug-likeness (QED) is 0.639. The van der Waals surface area contributed by atoms with E-state index >= 15 is 0 Å². The molecule has 2 aromatic rings. The topological polar surface area (TPSA) is 116 Å². The van der Waals surface area contributed by atoms with Gasteiger partial charge in [0, 0.05) is 19.2 Å². The molecular weight excluding hydrogens is 424 g/mol. The molecule has 2 heterocycles. The van der Waals surface area contributed by atoms with Gasteiger partial charge in [-0.2, -0.15) is 5.10 Å². The normalized spacial score (nSPS) is 10.8. The van der Waals surface area contributed by atoms with Gasteiger partial charge in [0.05, 0.1) is 27.2 Å². The number of thiophene rings is 1. The van der Waals surface area contributed by atoms with E-state index in [1.54, 1.807) is 37.8 Å². The average molecular weight is 443 g/mol. The van der Waals surface area contributed by atoms with Crippen LogP contribution < -0.4 is 11.1 Å². The van der Waals surface area contributed by atoms with E-state index in [1.165, 1.54) is 0 Å². The second kappa shape index (κ2) is 8.45. The highest BCUT2D eigenvalue weighted by Gasteiger charge is 2.26. The third-order valence-corrected chi connectivity index (χ3v) is 4.97. The van der Waals surface area contributed by atoms with Crippen LogP contribution in [0.4, 0.5) is 5.00 Å². The van der Waals surface area contributed by atoms with E-state index in [0.717, 1.165) is 15.8 Å². The van der Waals surface area contributed by atoms with Crippen molar-refractivity contribution in [3.63, 3.8) is 0 Å². The summed E-state index contributed by atoms with van der Waals surface area (Å²) in [4.78, 5) is 36.4. The number of ether oxygens (including phenoxy) is 1. The monoisotopic (exact) mass is 442 g/mol. The Hall–Kier alpha value is -2.20. The number of primary amides is 1. The molecule has 0 spiro atoms. The molecule has 0 bridgehead atoms. The molecule has 2 aromatic heterocycles. The number of hydrogen-bond acceptors (Lipinski definition) is 6. The minimum absolute atomic E-state index is 0.148. The van der Waals surface area contributed by atoms with Crippen LogP contribution in [0.1, 0.15) is 45.9 Å². The van der Waals surface area contributed by atoms with E-state index in [4.69, 9.17) is 10.5 Å². The van der Waals surface area contributed by atoms with Crippen LogP contribution in [-0.4, -0.2) is 33.7 Å². The van der Waals surface area contributed by atoms with E-state index in [2.05, 4.69) is 26.3 Å². The van der Waals surface area contributed by atoms with Gasteiger partial charge in [0.25, 0.3) is 5.91 Å². The molecular formula is C16H19BrN4O4S. The summed E-state index contributed by atoms with van der Waals surface area (Å²) in [5.41, 5.74) is 5.92. The highest BCUT2D eigenvalue weighted by Crippen LogP contribution is 2.33. The van der Waals surface area contributed by atoms with E-state index in [1.807, 2.05) is 0 Å². The molecule has 10 heteroatoms. The lowest BCUT2D eigenvalue weighted by Crippen LogP contribution is -2.18. The standard InChI is InChI=1S/C16H19BrN4O4S/c1-8(2)25-16(24)12-9(3)13(14(18)23)26-15(12)20-11(22)4-5-21-7-10(17)6-19-21/h6-8H,4-5H2,1-3H3,(H2,18,23)(H,20,22). The summed E-state index contributed by atoms with van der Waals surface area (Å²) < 4.78 is 7.64. The number of halogens is 1. The fraction of sp³-hybridized carbons (Fsp3) is 0.375. The Morgan fingerprint density at radius 2 is 2.12 bits per heavy atom. The smallest absolute Gasteiger partial charge is 0.341 e. The summed E-state index contributed by atoms with van der Waals surface area (Å²) in [6.07, 6.45) is 3.19. The van der Waals surface area contributed by atoms with Gasteiger partial charge in [-0.3, -0.25) is 14.3 Å². The first kappa shape index (κ1) is 20.1. The van der Waals surface area contributed by atoms with Crippen LogP contribution in [0.2, 0.25) is 0 Å². The van der Waals surface area contributed by atoms with E-state index in [-0.39, 0.29) is 33.9 Å². The Morgan fingerprint density at radius 3 is 2.65 bits per heavy atom. The fourth-order valence-electron chi connectivity index (χ4n) is 2.22. The SMILES string of the molecule is Cc1c(C(N)=O)sc(NC(=O)CCn2cc(Br)cn2)c1C(=O)OC(C)C. The van der Waals surface area contributed by atoms with Gasteiger partial charge in [-0.05, 0) is 42.3 Å². The van der Waals surface area contributed by atoms with E-state index in [0.29, 0.717) is 12.1 Å². The van der Waals surface area contributed by atoms with Gasteiger partial charge >= 0.3 is 5.97 Å². The molecule has 140 valence electrons. The number of hydrogen-bond donors (Lipinski definition) is 2. The molecule has 0 fully saturated rings. The van der Waals surface area contributed by atoms with Crippen LogP contribution in [0.25, 0.3) is 0 Å². The maximum atomic E-state index is 12.4. The summed E-state index contributed by atoms with van der Waals surface area (Å²) in [5, 5.41) is 7.01. The third kappa shape index (κ3) is 4.92. The van der Waals surface area contributed by atoms with Gasteiger partial charge < -0.3 is 15.8 Å². The van der Waals surface area contributed by atoms with Crippen molar-refractivity contribution in [3.05, 3.63) is 32.9 Å². The van der Waals surface area contributed by atoms with Gasteiger partial charge in [0.2, 0.25) is 5.91 Å². The highest BCUT2D eigenvalue weighted by atomic mass is 79.9. The van der Waals surface area contributed by atoms with Crippen molar-refractivity contribution < 1.29 is 19.1 Å². The number of nitrogens with zero attached hydrogens (tertiary/aromatic N) is 2. The summed E-state index contributed by atoms with van der Waals surface area (Å²) in [7, 11) is 0. The van der Waals surface area contributed by atoms with Crippen molar-refractivity contribution in [2.45, 2.75) is 39.8 Å². The predicted molar refractivity (Wildman–Crippen MR) is 101 cm³/mol. The number of aryl methyl sites for hydroxylation is 1. The van der Waals surface area contributed by atoms with Crippen molar-refractivity contribution in [1.29, 1.82) is 0 Å². The molecule has 3 N–H and O–H groups in total. The third-order valence-electron chi connectivity index (χ3n) is 3.34. The number of carbonyl (C=O) groups is 3. The molecule has 0 atom stereocenters. The molecule has 0 aliphatic rings. The number of anilines is 1. The van der Waals surface area contributed by atoms with Crippen molar-refractivity contribution in [3.8, 4) is 0 Å². The van der Waals surface area contributed by atoms with Gasteiger partial charge in [-0.25, -0.2) is 4.79 Å². The largest absolute Gasteiger partial charge is 0.459 e. The van der Waals surface area contributed by atoms with Crippen molar-refractivity contribution in [1.82, 2.24) is 9.78 Å². The molecule has 0 radical (unpaired) electrons. The molecule has 0 unspecified atom stereocenters. The molecule has 2 amide bonds. The summed E-state index contributed by atoms with van der Waals surface area (Å²) in [5.74, 6) is -1.58. The van der Waals surface area contributed by atoms with Crippen LogP contribution in [0.5, 0.6) is 0 Å². The van der Waals surface area contributed by atoms with Crippen LogP contribution in [-0.2, 0) is 16.1 Å². The Balaban J connectivity index is 2.18. The van der Waals surface area contributed by atoms with E-state index < -0.39 is 11.9 Å². The summed E-state index contributed by atoms with van der Waals surface area (Å²) in [6, 6.07) is 0. The number of esters is 1. The van der Waals surface area contributed by atoms with Crippen LogP contribution in [0, 0.1) is 6.92 Å². The number of aromatic nitrogens is 2. The molecule has 0 aliphatic carbocycles. The predicted octanol–water partition coefficient (Wildman–Crippen LogP) is 2.71.